The maximum Gasteiger partial charge on any atom is 0.325 e. The first-order valence-corrected chi connectivity index (χ1v) is 9.23. The third-order valence-electron chi connectivity index (χ3n) is 2.67. The Hall–Kier alpha value is 0.140. The van der Waals surface area contributed by atoms with Gasteiger partial charge >= 0.3 is 15.2 Å². The van der Waals surface area contributed by atoms with Crippen LogP contribution < -0.4 is 5.32 Å². The molecule has 0 saturated heterocycles. The van der Waals surface area contributed by atoms with E-state index in [1.807, 2.05) is 0 Å². The van der Waals surface area contributed by atoms with Gasteiger partial charge in [0, 0.05) is 0 Å². The van der Waals surface area contributed by atoms with E-state index in [0.29, 0.717) is 0 Å². The molecule has 0 saturated carbocycles. The first-order chi connectivity index (χ1) is 8.97. The van der Waals surface area contributed by atoms with E-state index < -0.39 is 58.8 Å². The third-order valence-corrected chi connectivity index (χ3v) is 4.65. The number of rotatable bonds is 10. The second-order valence-electron chi connectivity index (χ2n) is 4.70. The fourth-order valence-electron chi connectivity index (χ4n) is 1.54. The third kappa shape index (κ3) is 8.43. The van der Waals surface area contributed by atoms with E-state index in [1.165, 1.54) is 0 Å². The van der Waals surface area contributed by atoms with E-state index >= 15 is 0 Å². The standard InChI is InChI=1S/C8H21NO9P2/c10-4-8(5-11,6-12)9-1-7(2-19(13,14)15)3-20(16,17)18/h7,9-12H,1-6H2,(H2,13,14,15)(H2,16,17,18). The Balaban J connectivity index is 4.81. The Bertz CT molecular complexity index is 342. The molecule has 0 atom stereocenters. The van der Waals surface area contributed by atoms with Crippen LogP contribution in [0.2, 0.25) is 0 Å². The number of hydrogen-bond acceptors (Lipinski definition) is 6. The van der Waals surface area contributed by atoms with Gasteiger partial charge in [0.05, 0.1) is 37.7 Å². The van der Waals surface area contributed by atoms with Crippen LogP contribution in [0, 0.1) is 5.92 Å². The van der Waals surface area contributed by atoms with Crippen LogP contribution in [0.4, 0.5) is 0 Å². The number of hydrogen-bond donors (Lipinski definition) is 8. The average molecular weight is 337 g/mol. The molecule has 0 unspecified atom stereocenters. The van der Waals surface area contributed by atoms with Gasteiger partial charge in [-0.3, -0.25) is 9.13 Å². The summed E-state index contributed by atoms with van der Waals surface area (Å²) in [6.07, 6.45) is -1.52. The summed E-state index contributed by atoms with van der Waals surface area (Å²) in [7, 11) is -8.97. The van der Waals surface area contributed by atoms with Gasteiger partial charge in [-0.15, -0.1) is 0 Å². The molecule has 0 fully saturated rings. The molecular weight excluding hydrogens is 316 g/mol. The molecule has 0 aliphatic rings. The minimum Gasteiger partial charge on any atom is -0.394 e. The topological polar surface area (TPSA) is 188 Å². The summed E-state index contributed by atoms with van der Waals surface area (Å²) in [4.78, 5) is 35.5. The summed E-state index contributed by atoms with van der Waals surface area (Å²) < 4.78 is 21.9. The van der Waals surface area contributed by atoms with Gasteiger partial charge in [0.1, 0.15) is 0 Å². The highest BCUT2D eigenvalue weighted by atomic mass is 31.2. The summed E-state index contributed by atoms with van der Waals surface area (Å²) in [5.74, 6) is -1.08. The molecule has 0 aliphatic carbocycles. The maximum atomic E-state index is 10.9. The molecule has 0 radical (unpaired) electrons. The SMILES string of the molecule is O=P(O)(O)CC(CNC(CO)(CO)CO)CP(=O)(O)O. The van der Waals surface area contributed by atoms with Gasteiger partial charge in [-0.1, -0.05) is 0 Å². The molecule has 0 aromatic carbocycles. The van der Waals surface area contributed by atoms with E-state index in [0.717, 1.165) is 0 Å². The molecule has 20 heavy (non-hydrogen) atoms. The van der Waals surface area contributed by atoms with Gasteiger partial charge in [-0.2, -0.15) is 0 Å². The molecule has 0 aliphatic heterocycles. The Labute approximate surface area is 115 Å². The average Bonchev–Trinajstić information content (AvgIpc) is 2.27. The Kier molecular flexibility index (Phi) is 8.01. The van der Waals surface area contributed by atoms with Crippen LogP contribution in [0.1, 0.15) is 0 Å². The summed E-state index contributed by atoms with van der Waals surface area (Å²) in [5, 5.41) is 29.7. The molecular formula is C8H21NO9P2. The fraction of sp³-hybridized carbons (Fsp3) is 1.00. The Morgan fingerprint density at radius 3 is 1.45 bits per heavy atom. The number of aliphatic hydroxyl groups is 3. The summed E-state index contributed by atoms with van der Waals surface area (Å²) in [5.41, 5.74) is -1.48. The van der Waals surface area contributed by atoms with E-state index in [9.17, 15) is 9.13 Å². The van der Waals surface area contributed by atoms with Crippen LogP contribution >= 0.6 is 15.2 Å². The smallest absolute Gasteiger partial charge is 0.325 e. The van der Waals surface area contributed by atoms with Crippen molar-refractivity contribution in [3.8, 4) is 0 Å². The number of aliphatic hydroxyl groups excluding tert-OH is 3. The van der Waals surface area contributed by atoms with Gasteiger partial charge in [0.25, 0.3) is 0 Å². The second kappa shape index (κ2) is 7.95. The molecule has 0 rings (SSSR count). The lowest BCUT2D eigenvalue weighted by molar-refractivity contribution is 0.0408. The monoisotopic (exact) mass is 337 g/mol. The van der Waals surface area contributed by atoms with Gasteiger partial charge in [-0.05, 0) is 12.5 Å². The van der Waals surface area contributed by atoms with Crippen LogP contribution in [0.3, 0.4) is 0 Å². The van der Waals surface area contributed by atoms with Gasteiger partial charge in [0.2, 0.25) is 0 Å². The summed E-state index contributed by atoms with van der Waals surface area (Å²) in [6.45, 7) is -2.26. The quantitative estimate of drug-likeness (QED) is 0.194. The van der Waals surface area contributed by atoms with Crippen molar-refractivity contribution in [2.45, 2.75) is 5.54 Å². The zero-order chi connectivity index (χ0) is 16.0. The Morgan fingerprint density at radius 2 is 1.20 bits per heavy atom. The second-order valence-corrected chi connectivity index (χ2v) is 8.09. The molecule has 0 aromatic rings. The first kappa shape index (κ1) is 20.1. The molecule has 0 heterocycles. The van der Waals surface area contributed by atoms with Crippen molar-refractivity contribution in [1.82, 2.24) is 5.32 Å². The van der Waals surface area contributed by atoms with E-state index in [1.54, 1.807) is 0 Å². The van der Waals surface area contributed by atoms with Crippen molar-refractivity contribution in [3.05, 3.63) is 0 Å². The largest absolute Gasteiger partial charge is 0.394 e. The minimum absolute atomic E-state index is 0.294. The van der Waals surface area contributed by atoms with Crippen molar-refractivity contribution in [2.75, 3.05) is 38.7 Å². The highest BCUT2D eigenvalue weighted by Crippen LogP contribution is 2.43. The van der Waals surface area contributed by atoms with Crippen molar-refractivity contribution in [3.63, 3.8) is 0 Å². The zero-order valence-corrected chi connectivity index (χ0v) is 12.5. The molecule has 122 valence electrons. The van der Waals surface area contributed by atoms with E-state index in [-0.39, 0.29) is 6.54 Å². The van der Waals surface area contributed by atoms with Crippen molar-refractivity contribution in [2.24, 2.45) is 5.92 Å². The van der Waals surface area contributed by atoms with Crippen LogP contribution in [-0.4, -0.2) is 79.1 Å². The zero-order valence-electron chi connectivity index (χ0n) is 10.7. The van der Waals surface area contributed by atoms with Gasteiger partial charge in [-0.25, -0.2) is 0 Å². The normalized spacial score (nSPS) is 14.0. The minimum atomic E-state index is -4.49. The lowest BCUT2D eigenvalue weighted by Gasteiger charge is -2.31. The Morgan fingerprint density at radius 1 is 0.850 bits per heavy atom. The lowest BCUT2D eigenvalue weighted by atomic mass is 10.0. The summed E-state index contributed by atoms with van der Waals surface area (Å²) in [6, 6.07) is 0. The molecule has 0 amide bonds. The highest BCUT2D eigenvalue weighted by Gasteiger charge is 2.32. The molecule has 8 N–H and O–H groups in total. The molecule has 10 nitrogen and oxygen atoms in total. The maximum absolute atomic E-state index is 10.9. The fourth-order valence-corrected chi connectivity index (χ4v) is 3.60. The van der Waals surface area contributed by atoms with Gasteiger partial charge in [0.15, 0.2) is 0 Å². The van der Waals surface area contributed by atoms with Crippen molar-refractivity contribution >= 4 is 15.2 Å². The van der Waals surface area contributed by atoms with Crippen LogP contribution in [-0.2, 0) is 9.13 Å². The van der Waals surface area contributed by atoms with Gasteiger partial charge < -0.3 is 40.2 Å². The predicted octanol–water partition coefficient (Wildman–Crippen LogP) is -2.74. The van der Waals surface area contributed by atoms with Crippen LogP contribution in [0.25, 0.3) is 0 Å². The van der Waals surface area contributed by atoms with Crippen molar-refractivity contribution < 1.29 is 44.0 Å². The summed E-state index contributed by atoms with van der Waals surface area (Å²) >= 11 is 0. The number of nitrogens with one attached hydrogen (secondary N) is 1. The van der Waals surface area contributed by atoms with Crippen LogP contribution in [0.15, 0.2) is 0 Å². The molecule has 0 bridgehead atoms. The highest BCUT2D eigenvalue weighted by molar-refractivity contribution is 7.52. The molecule has 0 spiro atoms. The van der Waals surface area contributed by atoms with E-state index in [2.05, 4.69) is 5.32 Å². The molecule has 12 heteroatoms. The lowest BCUT2D eigenvalue weighted by Crippen LogP contribution is -2.56. The van der Waals surface area contributed by atoms with E-state index in [4.69, 9.17) is 34.9 Å². The van der Waals surface area contributed by atoms with Crippen molar-refractivity contribution in [1.29, 1.82) is 0 Å². The predicted molar refractivity (Wildman–Crippen MR) is 69.3 cm³/mol. The molecule has 0 aromatic heterocycles. The van der Waals surface area contributed by atoms with Crippen LogP contribution in [0.5, 0.6) is 0 Å². The first-order valence-electron chi connectivity index (χ1n) is 5.64.